The molecule has 1 aliphatic heterocycles. The number of nitrogens with one attached hydrogen (secondary N) is 1. The number of hydrogen-bond donors (Lipinski definition) is 1. The third-order valence-corrected chi connectivity index (χ3v) is 5.37. The van der Waals surface area contributed by atoms with Crippen LogP contribution in [0.1, 0.15) is 30.9 Å². The average Bonchev–Trinajstić information content (AvgIpc) is 2.65. The largest absolute Gasteiger partial charge is 0.381 e. The average molecular weight is 381 g/mol. The molecule has 1 aliphatic rings. The summed E-state index contributed by atoms with van der Waals surface area (Å²) in [6.07, 6.45) is 3.55. The molecule has 6 heteroatoms. The van der Waals surface area contributed by atoms with Crippen molar-refractivity contribution < 1.29 is 4.74 Å². The van der Waals surface area contributed by atoms with Crippen LogP contribution in [0, 0.1) is 5.92 Å². The van der Waals surface area contributed by atoms with Gasteiger partial charge in [-0.05, 0) is 57.0 Å². The maximum atomic E-state index is 6.02. The highest BCUT2D eigenvalue weighted by Gasteiger charge is 2.18. The number of hydrogen-bond acceptors (Lipinski definition) is 3. The summed E-state index contributed by atoms with van der Waals surface area (Å²) in [7, 11) is 8.15. The molecule has 1 aromatic rings. The highest BCUT2D eigenvalue weighted by molar-refractivity contribution is 6.30. The lowest BCUT2D eigenvalue weighted by molar-refractivity contribution is 0.0625. The molecule has 0 saturated carbocycles. The predicted molar refractivity (Wildman–Crippen MR) is 110 cm³/mol. The first-order chi connectivity index (χ1) is 12.5. The van der Waals surface area contributed by atoms with Crippen LogP contribution in [0.3, 0.4) is 0 Å². The number of guanidine groups is 1. The Morgan fingerprint density at radius 2 is 1.88 bits per heavy atom. The van der Waals surface area contributed by atoms with Gasteiger partial charge in [-0.3, -0.25) is 4.99 Å². The molecule has 1 saturated heterocycles. The van der Waals surface area contributed by atoms with Gasteiger partial charge in [0.25, 0.3) is 0 Å². The minimum absolute atomic E-state index is 0.257. The Morgan fingerprint density at radius 3 is 2.46 bits per heavy atom. The second-order valence-corrected chi connectivity index (χ2v) is 7.66. The van der Waals surface area contributed by atoms with Crippen molar-refractivity contribution in [3.8, 4) is 0 Å². The topological polar surface area (TPSA) is 40.1 Å². The first kappa shape index (κ1) is 21.0. The summed E-state index contributed by atoms with van der Waals surface area (Å²) < 4.78 is 5.45. The number of likely N-dealkylation sites (N-methyl/N-ethyl adjacent to an activating group) is 1. The van der Waals surface area contributed by atoms with E-state index in [1.165, 1.54) is 24.8 Å². The molecule has 1 heterocycles. The Labute approximate surface area is 163 Å². The van der Waals surface area contributed by atoms with Crippen molar-refractivity contribution in [1.82, 2.24) is 15.1 Å². The zero-order chi connectivity index (χ0) is 18.9. The van der Waals surface area contributed by atoms with Crippen LogP contribution in [0.2, 0.25) is 5.02 Å². The lowest BCUT2D eigenvalue weighted by Gasteiger charge is -2.29. The molecule has 0 radical (unpaired) electrons. The van der Waals surface area contributed by atoms with Crippen LogP contribution in [0.5, 0.6) is 0 Å². The highest BCUT2D eigenvalue weighted by atomic mass is 35.5. The quantitative estimate of drug-likeness (QED) is 0.582. The molecule has 5 nitrogen and oxygen atoms in total. The molecule has 1 atom stereocenters. The Kier molecular flexibility index (Phi) is 8.69. The van der Waals surface area contributed by atoms with Gasteiger partial charge in [-0.15, -0.1) is 0 Å². The SMILES string of the molecule is CN=C(NCC(c1ccc(Cl)cc1)N(C)C)N(C)CCC1CCOCC1. The minimum Gasteiger partial charge on any atom is -0.381 e. The zero-order valence-corrected chi connectivity index (χ0v) is 17.3. The molecule has 1 N–H and O–H groups in total. The van der Waals surface area contributed by atoms with E-state index in [2.05, 4.69) is 53.4 Å². The number of ether oxygens (including phenoxy) is 1. The predicted octanol–water partition coefficient (Wildman–Crippen LogP) is 3.27. The summed E-state index contributed by atoms with van der Waals surface area (Å²) in [6.45, 7) is 3.63. The van der Waals surface area contributed by atoms with E-state index in [0.717, 1.165) is 43.2 Å². The van der Waals surface area contributed by atoms with Crippen LogP contribution in [-0.2, 0) is 4.74 Å². The molecule has 0 aromatic heterocycles. The summed E-state index contributed by atoms with van der Waals surface area (Å²) in [5.41, 5.74) is 1.24. The molecule has 1 fully saturated rings. The summed E-state index contributed by atoms with van der Waals surface area (Å²) in [4.78, 5) is 8.90. The Balaban J connectivity index is 1.87. The van der Waals surface area contributed by atoms with Crippen molar-refractivity contribution in [1.29, 1.82) is 0 Å². The van der Waals surface area contributed by atoms with Crippen LogP contribution in [0.4, 0.5) is 0 Å². The van der Waals surface area contributed by atoms with Gasteiger partial charge in [-0.2, -0.15) is 0 Å². The van der Waals surface area contributed by atoms with Gasteiger partial charge in [0, 0.05) is 45.4 Å². The Morgan fingerprint density at radius 1 is 1.23 bits per heavy atom. The number of rotatable bonds is 7. The molecule has 0 aliphatic carbocycles. The number of aliphatic imine (C=N–C) groups is 1. The second kappa shape index (κ2) is 10.8. The zero-order valence-electron chi connectivity index (χ0n) is 16.5. The number of nitrogens with zero attached hydrogens (tertiary/aromatic N) is 3. The van der Waals surface area contributed by atoms with Gasteiger partial charge in [-0.25, -0.2) is 0 Å². The Hall–Kier alpha value is -1.30. The summed E-state index contributed by atoms with van der Waals surface area (Å²) in [5, 5.41) is 4.29. The van der Waals surface area contributed by atoms with Gasteiger partial charge in [-0.1, -0.05) is 23.7 Å². The summed E-state index contributed by atoms with van der Waals surface area (Å²) in [6, 6.07) is 8.33. The molecule has 1 unspecified atom stereocenters. The van der Waals surface area contributed by atoms with Gasteiger partial charge >= 0.3 is 0 Å². The van der Waals surface area contributed by atoms with E-state index in [9.17, 15) is 0 Å². The molecule has 26 heavy (non-hydrogen) atoms. The van der Waals surface area contributed by atoms with Crippen molar-refractivity contribution in [3.05, 3.63) is 34.9 Å². The van der Waals surface area contributed by atoms with Gasteiger partial charge in [0.15, 0.2) is 5.96 Å². The monoisotopic (exact) mass is 380 g/mol. The van der Waals surface area contributed by atoms with Gasteiger partial charge in [0.05, 0.1) is 6.04 Å². The van der Waals surface area contributed by atoms with E-state index in [4.69, 9.17) is 16.3 Å². The van der Waals surface area contributed by atoms with Crippen LogP contribution in [0.25, 0.3) is 0 Å². The molecule has 0 bridgehead atoms. The molecule has 146 valence electrons. The molecule has 0 amide bonds. The standard InChI is InChI=1S/C20H33ClN4O/c1-22-20(25(4)12-9-16-10-13-26-14-11-16)23-15-19(24(2)3)17-5-7-18(21)8-6-17/h5-8,16,19H,9-15H2,1-4H3,(H,22,23). The first-order valence-electron chi connectivity index (χ1n) is 9.42. The van der Waals surface area contributed by atoms with Crippen molar-refractivity contribution >= 4 is 17.6 Å². The number of halogens is 1. The van der Waals surface area contributed by atoms with E-state index in [0.29, 0.717) is 0 Å². The first-order valence-corrected chi connectivity index (χ1v) is 9.80. The molecular formula is C20H33ClN4O. The van der Waals surface area contributed by atoms with Crippen molar-refractivity contribution in [2.24, 2.45) is 10.9 Å². The normalized spacial score (nSPS) is 17.4. The lowest BCUT2D eigenvalue weighted by Crippen LogP contribution is -2.43. The van der Waals surface area contributed by atoms with Crippen LogP contribution in [0.15, 0.2) is 29.3 Å². The van der Waals surface area contributed by atoms with Gasteiger partial charge in [0.2, 0.25) is 0 Å². The van der Waals surface area contributed by atoms with E-state index in [1.54, 1.807) is 0 Å². The molecular weight excluding hydrogens is 348 g/mol. The smallest absolute Gasteiger partial charge is 0.193 e. The Bertz CT molecular complexity index is 555. The van der Waals surface area contributed by atoms with E-state index >= 15 is 0 Å². The van der Waals surface area contributed by atoms with Crippen molar-refractivity contribution in [2.45, 2.75) is 25.3 Å². The third-order valence-electron chi connectivity index (χ3n) is 5.12. The van der Waals surface area contributed by atoms with E-state index < -0.39 is 0 Å². The van der Waals surface area contributed by atoms with Crippen molar-refractivity contribution in [2.75, 3.05) is 54.5 Å². The van der Waals surface area contributed by atoms with Crippen LogP contribution in [-0.4, -0.2) is 70.3 Å². The molecule has 0 spiro atoms. The molecule has 1 aromatic carbocycles. The highest BCUT2D eigenvalue weighted by Crippen LogP contribution is 2.20. The van der Waals surface area contributed by atoms with Gasteiger partial charge in [0.1, 0.15) is 0 Å². The van der Waals surface area contributed by atoms with E-state index in [-0.39, 0.29) is 6.04 Å². The molecule has 2 rings (SSSR count). The van der Waals surface area contributed by atoms with Crippen LogP contribution < -0.4 is 5.32 Å². The van der Waals surface area contributed by atoms with E-state index in [1.807, 2.05) is 19.2 Å². The maximum absolute atomic E-state index is 6.02. The van der Waals surface area contributed by atoms with Crippen molar-refractivity contribution in [3.63, 3.8) is 0 Å². The maximum Gasteiger partial charge on any atom is 0.193 e. The summed E-state index contributed by atoms with van der Waals surface area (Å²) >= 11 is 6.02. The fourth-order valence-corrected chi connectivity index (χ4v) is 3.50. The van der Waals surface area contributed by atoms with Gasteiger partial charge < -0.3 is 19.9 Å². The fourth-order valence-electron chi connectivity index (χ4n) is 3.37. The lowest BCUT2D eigenvalue weighted by atomic mass is 9.96. The fraction of sp³-hybridized carbons (Fsp3) is 0.650. The number of benzene rings is 1. The second-order valence-electron chi connectivity index (χ2n) is 7.23. The summed E-state index contributed by atoms with van der Waals surface area (Å²) in [5.74, 6) is 1.71. The van der Waals surface area contributed by atoms with Crippen LogP contribution >= 0.6 is 11.6 Å². The third kappa shape index (κ3) is 6.45. The minimum atomic E-state index is 0.257.